The van der Waals surface area contributed by atoms with E-state index in [4.69, 9.17) is 17.2 Å². The zero-order chi connectivity index (χ0) is 23.7. The van der Waals surface area contributed by atoms with Gasteiger partial charge in [-0.05, 0) is 24.6 Å². The molecule has 0 saturated carbocycles. The van der Waals surface area contributed by atoms with Gasteiger partial charge in [0.05, 0.1) is 55.8 Å². The Morgan fingerprint density at radius 2 is 2.09 bits per heavy atom. The van der Waals surface area contributed by atoms with Gasteiger partial charge in [0.2, 0.25) is 0 Å². The average Bonchev–Trinajstić information content (AvgIpc) is 3.04. The van der Waals surface area contributed by atoms with Gasteiger partial charge >= 0.3 is 0 Å². The van der Waals surface area contributed by atoms with E-state index in [9.17, 15) is 24.6 Å². The van der Waals surface area contributed by atoms with Gasteiger partial charge in [0.15, 0.2) is 0 Å². The van der Waals surface area contributed by atoms with Crippen LogP contribution in [0.15, 0.2) is 28.0 Å². The normalized spacial score (nSPS) is 18.7. The van der Waals surface area contributed by atoms with E-state index in [1.807, 2.05) is 17.9 Å². The number of nitrogens with one attached hydrogen (secondary N) is 1. The van der Waals surface area contributed by atoms with E-state index in [-0.39, 0.29) is 27.0 Å². The van der Waals surface area contributed by atoms with E-state index in [0.717, 1.165) is 35.3 Å². The maximum Gasteiger partial charge on any atom is 0.267 e. The number of thiocarbonyl (C=S) groups is 1. The highest BCUT2D eigenvalue weighted by molar-refractivity contribution is 8.26. The highest BCUT2D eigenvalue weighted by Gasteiger charge is 2.33. The van der Waals surface area contributed by atoms with Crippen LogP contribution >= 0.6 is 24.0 Å². The Kier molecular flexibility index (Phi) is 6.79. The number of hydrogen-bond donors (Lipinski definition) is 2. The van der Waals surface area contributed by atoms with Crippen LogP contribution in [-0.4, -0.2) is 81.5 Å². The van der Waals surface area contributed by atoms with Crippen LogP contribution in [0.4, 0.5) is 5.82 Å². The number of fused-ring (bicyclic) bond motifs is 1. The standard InChI is InChI=1S/C21H23N5O5S2/c1-13-3-2-4-25-17(13)22-18(24-7-5-23(6-8-24)9-10-27)14(19(25)30)11-15-20(31)26(12-16(28)29)21(32)33-15/h2-4,11,27H,5-10,12H2,1H3,(H,28,29)/b15-11-. The monoisotopic (exact) mass is 489 g/mol. The van der Waals surface area contributed by atoms with E-state index < -0.39 is 18.4 Å². The predicted molar refractivity (Wildman–Crippen MR) is 126 cm³/mol. The van der Waals surface area contributed by atoms with Gasteiger partial charge < -0.3 is 24.8 Å². The Morgan fingerprint density at radius 3 is 2.76 bits per heavy atom. The van der Waals surface area contributed by atoms with Gasteiger partial charge in [0.25, 0.3) is 11.5 Å². The summed E-state index contributed by atoms with van der Waals surface area (Å²) in [6.07, 6.45) is 3.09. The number of aryl methyl sites for hydroxylation is 1. The third-order valence-electron chi connectivity index (χ3n) is 5.74. The van der Waals surface area contributed by atoms with Crippen LogP contribution < -0.4 is 20.5 Å². The second-order valence-corrected chi connectivity index (χ2v) is 9.57. The number of carboxylic acid groups (broad SMARTS) is 1. The molecule has 12 heteroatoms. The van der Waals surface area contributed by atoms with Gasteiger partial charge in [-0.15, -0.1) is 0 Å². The van der Waals surface area contributed by atoms with Gasteiger partial charge in [0.1, 0.15) is 22.3 Å². The molecule has 2 aromatic heterocycles. The first-order chi connectivity index (χ1) is 15.8. The number of pyridine rings is 1. The van der Waals surface area contributed by atoms with Gasteiger partial charge in [0, 0.05) is 6.20 Å². The van der Waals surface area contributed by atoms with E-state index >= 15 is 0 Å². The second-order valence-electron chi connectivity index (χ2n) is 7.89. The number of hydrogen-bond acceptors (Lipinski definition) is 9. The van der Waals surface area contributed by atoms with Crippen molar-refractivity contribution in [2.24, 2.45) is 0 Å². The fourth-order valence-electron chi connectivity index (χ4n) is 4.01. The molecule has 0 spiro atoms. The van der Waals surface area contributed by atoms with E-state index in [1.165, 1.54) is 15.4 Å². The van der Waals surface area contributed by atoms with Crippen LogP contribution in [0.2, 0.25) is 0 Å². The molecular weight excluding hydrogens is 466 g/mol. The van der Waals surface area contributed by atoms with E-state index in [2.05, 4.69) is 0 Å². The molecule has 2 aliphatic heterocycles. The fourth-order valence-corrected chi connectivity index (χ4v) is 5.24. The Balaban J connectivity index is 1.80. The number of amides is 1. The Morgan fingerprint density at radius 1 is 1.36 bits per heavy atom. The lowest BCUT2D eigenvalue weighted by molar-refractivity contribution is -0.900. The van der Waals surface area contributed by atoms with Crippen molar-refractivity contribution in [1.29, 1.82) is 0 Å². The SMILES string of the molecule is Cc1cccn2c(=O)c(/C=C3\SC(=S)N(CC(=O)[O-])C3=O)c(N3CC[NH+](CCO)CC3)nc12. The number of rotatable bonds is 6. The number of aliphatic carboxylic acids is 1. The Hall–Kier alpha value is -2.80. The zero-order valence-corrected chi connectivity index (χ0v) is 19.6. The summed E-state index contributed by atoms with van der Waals surface area (Å²) >= 11 is 6.11. The zero-order valence-electron chi connectivity index (χ0n) is 17.9. The van der Waals surface area contributed by atoms with E-state index in [1.54, 1.807) is 12.3 Å². The molecule has 0 aliphatic carbocycles. The number of aliphatic hydroxyl groups excluding tert-OH is 1. The lowest BCUT2D eigenvalue weighted by Crippen LogP contribution is -3.15. The van der Waals surface area contributed by atoms with Gasteiger partial charge in [-0.3, -0.25) is 18.9 Å². The van der Waals surface area contributed by atoms with Crippen molar-refractivity contribution in [1.82, 2.24) is 14.3 Å². The highest BCUT2D eigenvalue weighted by Crippen LogP contribution is 2.33. The number of nitrogens with zero attached hydrogens (tertiary/aromatic N) is 4. The summed E-state index contributed by atoms with van der Waals surface area (Å²) in [5.74, 6) is -1.52. The first-order valence-electron chi connectivity index (χ1n) is 10.5. The predicted octanol–water partition coefficient (Wildman–Crippen LogP) is -2.35. The summed E-state index contributed by atoms with van der Waals surface area (Å²) in [6.45, 7) is 4.84. The molecule has 10 nitrogen and oxygen atoms in total. The summed E-state index contributed by atoms with van der Waals surface area (Å²) in [4.78, 5) is 46.5. The molecule has 2 fully saturated rings. The molecule has 2 aromatic rings. The summed E-state index contributed by atoms with van der Waals surface area (Å²) in [5, 5.41) is 20.2. The molecule has 0 bridgehead atoms. The number of carbonyl (C=O) groups excluding carboxylic acids is 2. The minimum absolute atomic E-state index is 0.0999. The third kappa shape index (κ3) is 4.64. The molecule has 2 N–H and O–H groups in total. The molecular formula is C21H23N5O5S2. The smallest absolute Gasteiger partial charge is 0.267 e. The topological polar surface area (TPSA) is 123 Å². The van der Waals surface area contributed by atoms with Crippen LogP contribution in [0, 0.1) is 6.92 Å². The van der Waals surface area contributed by atoms with Crippen molar-refractivity contribution in [3.63, 3.8) is 0 Å². The quantitative estimate of drug-likeness (QED) is 0.339. The fraction of sp³-hybridized carbons (Fsp3) is 0.381. The molecule has 2 aliphatic rings. The molecule has 4 heterocycles. The summed E-state index contributed by atoms with van der Waals surface area (Å²) in [5.41, 5.74) is 1.29. The molecule has 1 amide bonds. The number of thioether (sulfide) groups is 1. The summed E-state index contributed by atoms with van der Waals surface area (Å²) in [6, 6.07) is 3.63. The largest absolute Gasteiger partial charge is 0.548 e. The van der Waals surface area contributed by atoms with Crippen molar-refractivity contribution in [2.45, 2.75) is 6.92 Å². The number of aromatic nitrogens is 2. The van der Waals surface area contributed by atoms with Crippen molar-refractivity contribution in [3.05, 3.63) is 44.7 Å². The lowest BCUT2D eigenvalue weighted by Gasteiger charge is -2.33. The first-order valence-corrected chi connectivity index (χ1v) is 11.7. The molecule has 33 heavy (non-hydrogen) atoms. The Labute approximate surface area is 199 Å². The van der Waals surface area contributed by atoms with Crippen LogP contribution in [-0.2, 0) is 9.59 Å². The molecule has 0 radical (unpaired) electrons. The summed E-state index contributed by atoms with van der Waals surface area (Å²) in [7, 11) is 0. The molecule has 0 unspecified atom stereocenters. The number of anilines is 1. The Bertz CT molecular complexity index is 1220. The molecule has 0 aromatic carbocycles. The number of piperazine rings is 1. The van der Waals surface area contributed by atoms with Crippen LogP contribution in [0.3, 0.4) is 0 Å². The molecule has 0 atom stereocenters. The van der Waals surface area contributed by atoms with Crippen LogP contribution in [0.1, 0.15) is 11.1 Å². The minimum atomic E-state index is -1.42. The third-order valence-corrected chi connectivity index (χ3v) is 7.11. The van der Waals surface area contributed by atoms with Gasteiger partial charge in [-0.2, -0.15) is 0 Å². The van der Waals surface area contributed by atoms with Crippen molar-refractivity contribution in [3.8, 4) is 0 Å². The van der Waals surface area contributed by atoms with Gasteiger partial charge in [-0.1, -0.05) is 30.0 Å². The minimum Gasteiger partial charge on any atom is -0.548 e. The molecule has 174 valence electrons. The summed E-state index contributed by atoms with van der Waals surface area (Å²) < 4.78 is 1.54. The van der Waals surface area contributed by atoms with Gasteiger partial charge in [-0.25, -0.2) is 4.98 Å². The average molecular weight is 490 g/mol. The maximum absolute atomic E-state index is 13.5. The number of carbonyl (C=O) groups is 2. The lowest BCUT2D eigenvalue weighted by atomic mass is 10.2. The van der Waals surface area contributed by atoms with E-state index in [0.29, 0.717) is 31.1 Å². The van der Waals surface area contributed by atoms with Crippen molar-refractivity contribution >= 4 is 57.7 Å². The van der Waals surface area contributed by atoms with Crippen LogP contribution in [0.5, 0.6) is 0 Å². The first kappa shape index (κ1) is 23.4. The molecule has 4 rings (SSSR count). The number of quaternary nitrogens is 1. The number of aliphatic hydroxyl groups is 1. The maximum atomic E-state index is 13.5. The van der Waals surface area contributed by atoms with Crippen molar-refractivity contribution in [2.75, 3.05) is 50.8 Å². The van der Waals surface area contributed by atoms with Crippen LogP contribution in [0.25, 0.3) is 11.7 Å². The molecule has 2 saturated heterocycles. The number of carboxylic acids is 1. The van der Waals surface area contributed by atoms with Crippen molar-refractivity contribution < 1.29 is 24.7 Å². The highest BCUT2D eigenvalue weighted by atomic mass is 32.2. The second kappa shape index (κ2) is 9.59.